The van der Waals surface area contributed by atoms with Crippen LogP contribution in [0, 0.1) is 0 Å². The highest BCUT2D eigenvalue weighted by Gasteiger charge is 2.19. The van der Waals surface area contributed by atoms with Crippen LogP contribution in [-0.2, 0) is 13.0 Å². The van der Waals surface area contributed by atoms with E-state index in [-0.39, 0.29) is 5.91 Å². The molecule has 0 bridgehead atoms. The molecule has 4 rings (SSSR count). The number of hydrogen-bond acceptors (Lipinski definition) is 4. The lowest BCUT2D eigenvalue weighted by molar-refractivity contribution is 0.0933. The van der Waals surface area contributed by atoms with Crippen molar-refractivity contribution in [2.45, 2.75) is 19.4 Å². The van der Waals surface area contributed by atoms with E-state index >= 15 is 0 Å². The van der Waals surface area contributed by atoms with Crippen LogP contribution in [0.5, 0.6) is 0 Å². The number of carbonyl (C=O) groups is 1. The second-order valence-electron chi connectivity index (χ2n) is 7.72. The normalized spacial score (nSPS) is 17.6. The van der Waals surface area contributed by atoms with Gasteiger partial charge in [-0.2, -0.15) is 0 Å². The molecule has 2 heterocycles. The molecule has 0 radical (unpaired) electrons. The third-order valence-corrected chi connectivity index (χ3v) is 5.77. The molecule has 148 valence electrons. The number of nitrogens with one attached hydrogen (secondary N) is 2. The molecule has 2 aromatic rings. The Hall–Kier alpha value is -2.37. The molecule has 0 aromatic heterocycles. The second-order valence-corrected chi connectivity index (χ2v) is 7.72. The van der Waals surface area contributed by atoms with Crippen molar-refractivity contribution >= 4 is 11.6 Å². The smallest absolute Gasteiger partial charge is 0.251 e. The highest BCUT2D eigenvalue weighted by molar-refractivity contribution is 5.97. The number of fused-ring (bicyclic) bond motifs is 1. The predicted molar refractivity (Wildman–Crippen MR) is 114 cm³/mol. The lowest BCUT2D eigenvalue weighted by atomic mass is 9.97. The van der Waals surface area contributed by atoms with Crippen LogP contribution in [-0.4, -0.2) is 61.5 Å². The van der Waals surface area contributed by atoms with Gasteiger partial charge in [-0.25, -0.2) is 0 Å². The van der Waals surface area contributed by atoms with Gasteiger partial charge in [0.15, 0.2) is 0 Å². The first-order chi connectivity index (χ1) is 13.8. The predicted octanol–water partition coefficient (Wildman–Crippen LogP) is 2.59. The van der Waals surface area contributed by atoms with E-state index in [0.29, 0.717) is 6.54 Å². The van der Waals surface area contributed by atoms with E-state index in [4.69, 9.17) is 0 Å². The first kappa shape index (κ1) is 19.0. The quantitative estimate of drug-likeness (QED) is 0.811. The maximum absolute atomic E-state index is 12.6. The summed E-state index contributed by atoms with van der Waals surface area (Å²) in [5, 5.41) is 6.52. The molecule has 2 aromatic carbocycles. The van der Waals surface area contributed by atoms with Crippen LogP contribution in [0.3, 0.4) is 0 Å². The number of nitrogens with zero attached hydrogens (tertiary/aromatic N) is 2. The van der Waals surface area contributed by atoms with Gasteiger partial charge in [0.2, 0.25) is 0 Å². The summed E-state index contributed by atoms with van der Waals surface area (Å²) in [6, 6.07) is 16.7. The highest BCUT2D eigenvalue weighted by Crippen LogP contribution is 2.25. The minimum Gasteiger partial charge on any atom is -0.385 e. The van der Waals surface area contributed by atoms with Gasteiger partial charge < -0.3 is 10.6 Å². The molecule has 1 saturated heterocycles. The fraction of sp³-hybridized carbons (Fsp3) is 0.435. The van der Waals surface area contributed by atoms with Gasteiger partial charge in [-0.3, -0.25) is 14.6 Å². The molecule has 0 unspecified atom stereocenters. The van der Waals surface area contributed by atoms with E-state index < -0.39 is 0 Å². The van der Waals surface area contributed by atoms with Crippen molar-refractivity contribution in [3.63, 3.8) is 0 Å². The number of carbonyl (C=O) groups excluding carboxylic acids is 1. The number of rotatable bonds is 6. The minimum absolute atomic E-state index is 0.0586. The van der Waals surface area contributed by atoms with E-state index in [1.165, 1.54) is 11.1 Å². The van der Waals surface area contributed by atoms with Crippen LogP contribution in [0.25, 0.3) is 0 Å². The van der Waals surface area contributed by atoms with Crippen molar-refractivity contribution in [2.75, 3.05) is 51.1 Å². The summed E-state index contributed by atoms with van der Waals surface area (Å²) in [7, 11) is 0. The average molecular weight is 379 g/mol. The summed E-state index contributed by atoms with van der Waals surface area (Å²) in [6.45, 7) is 7.93. The fourth-order valence-electron chi connectivity index (χ4n) is 4.16. The zero-order chi connectivity index (χ0) is 19.2. The Morgan fingerprint density at radius 2 is 1.75 bits per heavy atom. The van der Waals surface area contributed by atoms with E-state index in [0.717, 1.165) is 69.9 Å². The van der Waals surface area contributed by atoms with Crippen molar-refractivity contribution in [3.8, 4) is 0 Å². The van der Waals surface area contributed by atoms with Gasteiger partial charge in [-0.05, 0) is 36.1 Å². The van der Waals surface area contributed by atoms with Gasteiger partial charge >= 0.3 is 0 Å². The molecule has 5 nitrogen and oxygen atoms in total. The minimum atomic E-state index is 0.0586. The monoisotopic (exact) mass is 378 g/mol. The molecule has 0 saturated carbocycles. The largest absolute Gasteiger partial charge is 0.385 e. The van der Waals surface area contributed by atoms with Gasteiger partial charge in [0.1, 0.15) is 0 Å². The van der Waals surface area contributed by atoms with E-state index in [1.807, 2.05) is 12.1 Å². The standard InChI is InChI=1S/C23H30N4O/c28-23(21-8-4-10-22-20(21)9-5-11-24-22)25-12-13-26-14-16-27(17-15-26)18-19-6-2-1-3-7-19/h1-4,6-8,10,24H,5,9,11-18H2,(H,25,28). The Kier molecular flexibility index (Phi) is 6.24. The summed E-state index contributed by atoms with van der Waals surface area (Å²) in [5.41, 5.74) is 4.50. The Morgan fingerprint density at radius 1 is 0.964 bits per heavy atom. The number of benzene rings is 2. The molecular weight excluding hydrogens is 348 g/mol. The maximum atomic E-state index is 12.6. The average Bonchev–Trinajstić information content (AvgIpc) is 2.75. The number of anilines is 1. The van der Waals surface area contributed by atoms with Gasteiger partial charge in [-0.15, -0.1) is 0 Å². The van der Waals surface area contributed by atoms with Crippen LogP contribution in [0.1, 0.15) is 27.9 Å². The van der Waals surface area contributed by atoms with Gasteiger partial charge in [0.25, 0.3) is 5.91 Å². The first-order valence-corrected chi connectivity index (χ1v) is 10.4. The van der Waals surface area contributed by atoms with Crippen LogP contribution in [0.4, 0.5) is 5.69 Å². The molecule has 1 amide bonds. The van der Waals surface area contributed by atoms with Crippen LogP contribution < -0.4 is 10.6 Å². The summed E-state index contributed by atoms with van der Waals surface area (Å²) in [4.78, 5) is 17.6. The van der Waals surface area contributed by atoms with Crippen LogP contribution in [0.15, 0.2) is 48.5 Å². The SMILES string of the molecule is O=C(NCCN1CCN(Cc2ccccc2)CC1)c1cccc2c1CCCN2. The lowest BCUT2D eigenvalue weighted by Gasteiger charge is -2.34. The zero-order valence-corrected chi connectivity index (χ0v) is 16.5. The third kappa shape index (κ3) is 4.72. The van der Waals surface area contributed by atoms with Crippen molar-refractivity contribution in [2.24, 2.45) is 0 Å². The molecule has 2 aliphatic rings. The van der Waals surface area contributed by atoms with Gasteiger partial charge in [0, 0.05) is 63.6 Å². The van der Waals surface area contributed by atoms with Crippen molar-refractivity contribution in [1.29, 1.82) is 0 Å². The molecule has 0 aliphatic carbocycles. The second kappa shape index (κ2) is 9.22. The Morgan fingerprint density at radius 3 is 2.57 bits per heavy atom. The van der Waals surface area contributed by atoms with Crippen LogP contribution in [0.2, 0.25) is 0 Å². The van der Waals surface area contributed by atoms with Gasteiger partial charge in [-0.1, -0.05) is 36.4 Å². The molecular formula is C23H30N4O. The Bertz CT molecular complexity index is 784. The third-order valence-electron chi connectivity index (χ3n) is 5.77. The summed E-state index contributed by atoms with van der Waals surface area (Å²) >= 11 is 0. The summed E-state index contributed by atoms with van der Waals surface area (Å²) < 4.78 is 0. The van der Waals surface area contributed by atoms with E-state index in [9.17, 15) is 4.79 Å². The van der Waals surface area contributed by atoms with E-state index in [1.54, 1.807) is 0 Å². The molecule has 1 fully saturated rings. The summed E-state index contributed by atoms with van der Waals surface area (Å²) in [5.74, 6) is 0.0586. The maximum Gasteiger partial charge on any atom is 0.251 e. The molecule has 5 heteroatoms. The number of amides is 1. The zero-order valence-electron chi connectivity index (χ0n) is 16.5. The van der Waals surface area contributed by atoms with E-state index in [2.05, 4.69) is 56.8 Å². The Labute approximate surface area is 167 Å². The van der Waals surface area contributed by atoms with Crippen LogP contribution >= 0.6 is 0 Å². The number of hydrogen-bond donors (Lipinski definition) is 2. The van der Waals surface area contributed by atoms with Crippen molar-refractivity contribution < 1.29 is 4.79 Å². The molecule has 0 spiro atoms. The number of piperazine rings is 1. The molecule has 28 heavy (non-hydrogen) atoms. The molecule has 0 atom stereocenters. The van der Waals surface area contributed by atoms with Crippen molar-refractivity contribution in [3.05, 3.63) is 65.2 Å². The lowest BCUT2D eigenvalue weighted by Crippen LogP contribution is -2.48. The molecule has 2 aliphatic heterocycles. The summed E-state index contributed by atoms with van der Waals surface area (Å²) in [6.07, 6.45) is 2.07. The Balaban J connectivity index is 1.21. The molecule has 2 N–H and O–H groups in total. The first-order valence-electron chi connectivity index (χ1n) is 10.4. The topological polar surface area (TPSA) is 47.6 Å². The van der Waals surface area contributed by atoms with Crippen molar-refractivity contribution in [1.82, 2.24) is 15.1 Å². The van der Waals surface area contributed by atoms with Gasteiger partial charge in [0.05, 0.1) is 0 Å². The highest BCUT2D eigenvalue weighted by atomic mass is 16.1. The fourth-order valence-corrected chi connectivity index (χ4v) is 4.16.